The Kier molecular flexibility index (Phi) is 5.60. The number of carbonyl (C=O) groups excluding carboxylic acids is 2. The van der Waals surface area contributed by atoms with Gasteiger partial charge in [0, 0.05) is 16.2 Å². The summed E-state index contributed by atoms with van der Waals surface area (Å²) in [7, 11) is 0. The number of nitrogens with one attached hydrogen (secondary N) is 3. The summed E-state index contributed by atoms with van der Waals surface area (Å²) in [4.78, 5) is 26.8. The predicted molar refractivity (Wildman–Crippen MR) is 100 cm³/mol. The Labute approximate surface area is 163 Å². The van der Waals surface area contributed by atoms with Crippen LogP contribution in [0.1, 0.15) is 37.9 Å². The topological polar surface area (TPSA) is 109 Å². The molecule has 2 aromatic heterocycles. The quantitative estimate of drug-likeness (QED) is 0.536. The van der Waals surface area contributed by atoms with E-state index < -0.39 is 11.8 Å². The van der Waals surface area contributed by atoms with Crippen molar-refractivity contribution >= 4 is 27.7 Å². The average Bonchev–Trinajstić information content (AvgIpc) is 3.24. The molecule has 0 atom stereocenters. The van der Waals surface area contributed by atoms with Crippen molar-refractivity contribution in [1.82, 2.24) is 21.0 Å². The molecule has 27 heavy (non-hydrogen) atoms. The number of hydrazine groups is 1. The molecule has 9 heteroatoms. The maximum atomic E-state index is 12.1. The minimum absolute atomic E-state index is 0.324. The molecule has 0 saturated heterocycles. The molecule has 0 fully saturated rings. The Balaban J connectivity index is 1.53. The Bertz CT molecular complexity index is 943. The van der Waals surface area contributed by atoms with Gasteiger partial charge in [-0.2, -0.15) is 0 Å². The number of hydrogen-bond acceptors (Lipinski definition) is 5. The van der Waals surface area contributed by atoms with E-state index in [1.165, 1.54) is 0 Å². The summed E-state index contributed by atoms with van der Waals surface area (Å²) in [5, 5.41) is 3.88. The van der Waals surface area contributed by atoms with E-state index in [2.05, 4.69) is 36.9 Å². The van der Waals surface area contributed by atoms with E-state index in [4.69, 9.17) is 9.26 Å². The summed E-state index contributed by atoms with van der Waals surface area (Å²) < 4.78 is 11.5. The highest BCUT2D eigenvalue weighted by molar-refractivity contribution is 9.10. The Hall–Kier alpha value is -3.07. The first-order chi connectivity index (χ1) is 12.9. The first-order valence-electron chi connectivity index (χ1n) is 8.03. The molecule has 8 nitrogen and oxygen atoms in total. The zero-order valence-electron chi connectivity index (χ0n) is 14.6. The van der Waals surface area contributed by atoms with E-state index in [1.54, 1.807) is 36.5 Å². The van der Waals surface area contributed by atoms with Gasteiger partial charge in [0.2, 0.25) is 0 Å². The van der Waals surface area contributed by atoms with Gasteiger partial charge in [-0.25, -0.2) is 0 Å². The Morgan fingerprint density at radius 3 is 2.48 bits per heavy atom. The second-order valence-corrected chi connectivity index (χ2v) is 6.67. The number of ether oxygens (including phenoxy) is 1. The van der Waals surface area contributed by atoms with Crippen LogP contribution >= 0.6 is 15.9 Å². The van der Waals surface area contributed by atoms with E-state index in [0.29, 0.717) is 29.4 Å². The van der Waals surface area contributed by atoms with Crippen LogP contribution in [0.3, 0.4) is 0 Å². The number of H-pyrrole nitrogens is 1. The molecule has 3 aromatic rings. The lowest BCUT2D eigenvalue weighted by molar-refractivity contribution is 0.0844. The predicted octanol–water partition coefficient (Wildman–Crippen LogP) is 3.04. The fraction of sp³-hybridized carbons (Fsp3) is 0.167. The number of aromatic amines is 1. The van der Waals surface area contributed by atoms with Gasteiger partial charge in [0.25, 0.3) is 11.8 Å². The van der Waals surface area contributed by atoms with E-state index in [-0.39, 0.29) is 0 Å². The number of nitrogens with zero attached hydrogens (tertiary/aromatic N) is 1. The zero-order valence-corrected chi connectivity index (χ0v) is 16.2. The van der Waals surface area contributed by atoms with Crippen LogP contribution in [0.5, 0.6) is 5.75 Å². The third-order valence-corrected chi connectivity index (χ3v) is 4.32. The second kappa shape index (κ2) is 8.09. The molecular formula is C18H17BrN4O4. The number of carbonyl (C=O) groups is 2. The molecule has 3 rings (SSSR count). The molecule has 0 saturated carbocycles. The molecule has 2 heterocycles. The summed E-state index contributed by atoms with van der Waals surface area (Å²) >= 11 is 3.24. The van der Waals surface area contributed by atoms with Crippen molar-refractivity contribution in [3.63, 3.8) is 0 Å². The smallest absolute Gasteiger partial charge is 0.286 e. The maximum Gasteiger partial charge on any atom is 0.286 e. The molecule has 0 spiro atoms. The number of amides is 2. The van der Waals surface area contributed by atoms with Gasteiger partial charge in [-0.05, 0) is 60.1 Å². The minimum atomic E-state index is -0.450. The normalized spacial score (nSPS) is 10.5. The Morgan fingerprint density at radius 1 is 1.19 bits per heavy atom. The van der Waals surface area contributed by atoms with Crippen LogP contribution in [0.4, 0.5) is 0 Å². The van der Waals surface area contributed by atoms with Gasteiger partial charge >= 0.3 is 0 Å². The molecule has 140 valence electrons. The van der Waals surface area contributed by atoms with E-state index in [9.17, 15) is 9.59 Å². The monoisotopic (exact) mass is 432 g/mol. The lowest BCUT2D eigenvalue weighted by Gasteiger charge is -2.08. The maximum absolute atomic E-state index is 12.1. The minimum Gasteiger partial charge on any atom is -0.489 e. The van der Waals surface area contributed by atoms with Crippen molar-refractivity contribution in [2.45, 2.75) is 20.5 Å². The first kappa shape index (κ1) is 18.7. The van der Waals surface area contributed by atoms with E-state index in [0.717, 1.165) is 15.7 Å². The molecule has 0 aliphatic carbocycles. The first-order valence-corrected chi connectivity index (χ1v) is 8.82. The van der Waals surface area contributed by atoms with Crippen LogP contribution in [0.15, 0.2) is 45.5 Å². The SMILES string of the molecule is Cc1noc(C)c1COc1ccc(C(=O)NNC(=O)c2cc(Br)c[nH]2)cc1. The molecule has 0 bridgehead atoms. The summed E-state index contributed by atoms with van der Waals surface area (Å²) in [6, 6.07) is 8.17. The van der Waals surface area contributed by atoms with Crippen LogP contribution in [0, 0.1) is 13.8 Å². The zero-order chi connectivity index (χ0) is 19.4. The lowest BCUT2D eigenvalue weighted by Crippen LogP contribution is -2.41. The van der Waals surface area contributed by atoms with Gasteiger partial charge in [0.15, 0.2) is 0 Å². The number of rotatable bonds is 5. The number of benzene rings is 1. The standard InChI is InChI=1S/C18H17BrN4O4/c1-10-15(11(2)27-23-10)9-26-14-5-3-12(4-6-14)17(24)21-22-18(25)16-7-13(19)8-20-16/h3-8,20H,9H2,1-2H3,(H,21,24)(H,22,25). The van der Waals surface area contributed by atoms with Crippen molar-refractivity contribution in [2.75, 3.05) is 0 Å². The van der Waals surface area contributed by atoms with Gasteiger partial charge < -0.3 is 14.2 Å². The average molecular weight is 433 g/mol. The van der Waals surface area contributed by atoms with Gasteiger partial charge in [-0.3, -0.25) is 20.4 Å². The van der Waals surface area contributed by atoms with Crippen LogP contribution < -0.4 is 15.6 Å². The summed E-state index contributed by atoms with van der Waals surface area (Å²) in [5.41, 5.74) is 7.09. The van der Waals surface area contributed by atoms with Crippen molar-refractivity contribution in [1.29, 1.82) is 0 Å². The van der Waals surface area contributed by atoms with Gasteiger partial charge in [-0.15, -0.1) is 0 Å². The van der Waals surface area contributed by atoms with Gasteiger partial charge in [0.1, 0.15) is 23.8 Å². The fourth-order valence-corrected chi connectivity index (χ4v) is 2.66. The summed E-state index contributed by atoms with van der Waals surface area (Å²) in [5.74, 6) is 0.430. The lowest BCUT2D eigenvalue weighted by atomic mass is 10.2. The molecule has 1 aromatic carbocycles. The van der Waals surface area contributed by atoms with Crippen molar-refractivity contribution in [2.24, 2.45) is 0 Å². The van der Waals surface area contributed by atoms with E-state index in [1.807, 2.05) is 13.8 Å². The third-order valence-electron chi connectivity index (χ3n) is 3.86. The number of aryl methyl sites for hydroxylation is 2. The molecule has 0 aliphatic heterocycles. The van der Waals surface area contributed by atoms with Gasteiger partial charge in [0.05, 0.1) is 11.3 Å². The van der Waals surface area contributed by atoms with Crippen LogP contribution in [0.25, 0.3) is 0 Å². The molecule has 0 unspecified atom stereocenters. The van der Waals surface area contributed by atoms with Crippen LogP contribution in [-0.2, 0) is 6.61 Å². The molecule has 0 radical (unpaired) electrons. The van der Waals surface area contributed by atoms with Crippen LogP contribution in [0.2, 0.25) is 0 Å². The highest BCUT2D eigenvalue weighted by Crippen LogP contribution is 2.18. The Morgan fingerprint density at radius 2 is 1.89 bits per heavy atom. The van der Waals surface area contributed by atoms with Crippen molar-refractivity contribution in [3.8, 4) is 5.75 Å². The largest absolute Gasteiger partial charge is 0.489 e. The second-order valence-electron chi connectivity index (χ2n) is 5.76. The number of halogens is 1. The van der Waals surface area contributed by atoms with Crippen LogP contribution in [-0.4, -0.2) is 22.0 Å². The summed E-state index contributed by atoms with van der Waals surface area (Å²) in [6.07, 6.45) is 1.62. The highest BCUT2D eigenvalue weighted by Gasteiger charge is 2.12. The molecule has 0 aliphatic rings. The van der Waals surface area contributed by atoms with Gasteiger partial charge in [-0.1, -0.05) is 5.16 Å². The van der Waals surface area contributed by atoms with E-state index >= 15 is 0 Å². The van der Waals surface area contributed by atoms with Crippen molar-refractivity contribution < 1.29 is 18.8 Å². The van der Waals surface area contributed by atoms with Crippen molar-refractivity contribution in [3.05, 3.63) is 69.3 Å². The molecular weight excluding hydrogens is 416 g/mol. The third kappa shape index (κ3) is 4.56. The summed E-state index contributed by atoms with van der Waals surface area (Å²) in [6.45, 7) is 4.00. The molecule has 2 amide bonds. The molecule has 3 N–H and O–H groups in total. The number of aromatic nitrogens is 2. The number of hydrogen-bond donors (Lipinski definition) is 3. The fourth-order valence-electron chi connectivity index (χ4n) is 2.32. The highest BCUT2D eigenvalue weighted by atomic mass is 79.9.